The molecule has 0 aliphatic rings. The first-order valence-electron chi connectivity index (χ1n) is 9.23. The first kappa shape index (κ1) is 19.7. The highest BCUT2D eigenvalue weighted by Gasteiger charge is 2.17. The van der Waals surface area contributed by atoms with Crippen molar-refractivity contribution in [2.75, 3.05) is 26.8 Å². The number of amides is 1. The summed E-state index contributed by atoms with van der Waals surface area (Å²) in [5.41, 5.74) is 3.77. The lowest BCUT2D eigenvalue weighted by Crippen LogP contribution is -2.34. The summed E-state index contributed by atoms with van der Waals surface area (Å²) in [6.45, 7) is 6.73. The maximum absolute atomic E-state index is 12.4. The summed E-state index contributed by atoms with van der Waals surface area (Å²) in [6, 6.07) is 9.79. The van der Waals surface area contributed by atoms with E-state index in [0.29, 0.717) is 19.0 Å². The van der Waals surface area contributed by atoms with Crippen LogP contribution in [0.5, 0.6) is 11.6 Å². The molecule has 0 unspecified atom stereocenters. The number of likely N-dealkylation sites (N-methyl/N-ethyl adjacent to an activating group) is 1. The second-order valence-electron chi connectivity index (χ2n) is 6.93. The smallest absolute Gasteiger partial charge is 0.260 e. The molecule has 0 atom stereocenters. The molecule has 3 rings (SSSR count). The van der Waals surface area contributed by atoms with E-state index < -0.39 is 0 Å². The van der Waals surface area contributed by atoms with Crippen LogP contribution in [0.3, 0.4) is 0 Å². The van der Waals surface area contributed by atoms with Gasteiger partial charge in [0, 0.05) is 19.8 Å². The molecule has 0 fully saturated rings. The van der Waals surface area contributed by atoms with Crippen LogP contribution in [0, 0.1) is 20.8 Å². The van der Waals surface area contributed by atoms with Crippen molar-refractivity contribution in [3.8, 4) is 11.6 Å². The van der Waals surface area contributed by atoms with Crippen molar-refractivity contribution in [1.82, 2.24) is 19.7 Å². The Balaban J connectivity index is 1.57. The van der Waals surface area contributed by atoms with Crippen LogP contribution in [-0.2, 0) is 11.8 Å². The number of aryl methyl sites for hydroxylation is 4. The third-order valence-electron chi connectivity index (χ3n) is 4.62. The molecule has 7 heteroatoms. The zero-order chi connectivity index (χ0) is 20.3. The molecule has 0 saturated carbocycles. The summed E-state index contributed by atoms with van der Waals surface area (Å²) in [4.78, 5) is 18.5. The van der Waals surface area contributed by atoms with E-state index in [1.54, 1.807) is 16.6 Å². The van der Waals surface area contributed by atoms with Crippen LogP contribution in [0.4, 0.5) is 0 Å². The first-order valence-corrected chi connectivity index (χ1v) is 9.23. The van der Waals surface area contributed by atoms with E-state index in [1.807, 2.05) is 58.2 Å². The molecule has 0 aliphatic heterocycles. The van der Waals surface area contributed by atoms with Gasteiger partial charge in [0.25, 0.3) is 5.91 Å². The van der Waals surface area contributed by atoms with Crippen molar-refractivity contribution in [1.29, 1.82) is 0 Å². The molecular weight excluding hydrogens is 356 g/mol. The van der Waals surface area contributed by atoms with Gasteiger partial charge >= 0.3 is 0 Å². The van der Waals surface area contributed by atoms with E-state index in [-0.39, 0.29) is 12.5 Å². The molecule has 0 N–H and O–H groups in total. The van der Waals surface area contributed by atoms with Gasteiger partial charge in [-0.15, -0.1) is 5.10 Å². The summed E-state index contributed by atoms with van der Waals surface area (Å²) < 4.78 is 13.1. The minimum Gasteiger partial charge on any atom is -0.491 e. The van der Waals surface area contributed by atoms with Crippen molar-refractivity contribution < 1.29 is 14.3 Å². The van der Waals surface area contributed by atoms with Crippen molar-refractivity contribution in [2.24, 2.45) is 7.05 Å². The molecule has 28 heavy (non-hydrogen) atoms. The molecule has 0 saturated heterocycles. The number of rotatable bonds is 7. The van der Waals surface area contributed by atoms with Crippen LogP contribution in [-0.4, -0.2) is 52.4 Å². The number of aromatic nitrogens is 3. The van der Waals surface area contributed by atoms with Gasteiger partial charge in [-0.25, -0.2) is 9.67 Å². The second kappa shape index (κ2) is 8.29. The van der Waals surface area contributed by atoms with Crippen molar-refractivity contribution >= 4 is 16.9 Å². The summed E-state index contributed by atoms with van der Waals surface area (Å²) in [6.07, 6.45) is 0. The van der Waals surface area contributed by atoms with Gasteiger partial charge in [0.15, 0.2) is 12.3 Å². The maximum atomic E-state index is 12.4. The van der Waals surface area contributed by atoms with Gasteiger partial charge in [-0.3, -0.25) is 4.79 Å². The van der Waals surface area contributed by atoms with Gasteiger partial charge < -0.3 is 14.4 Å². The third-order valence-corrected chi connectivity index (χ3v) is 4.62. The lowest BCUT2D eigenvalue weighted by atomic mass is 10.2. The highest BCUT2D eigenvalue weighted by molar-refractivity contribution is 5.85. The third kappa shape index (κ3) is 4.24. The van der Waals surface area contributed by atoms with Gasteiger partial charge in [-0.05, 0) is 44.0 Å². The zero-order valence-corrected chi connectivity index (χ0v) is 17.0. The highest BCUT2D eigenvalue weighted by Crippen LogP contribution is 2.27. The topological polar surface area (TPSA) is 69.5 Å². The molecule has 148 valence electrons. The molecule has 0 spiro atoms. The largest absolute Gasteiger partial charge is 0.491 e. The Labute approximate surface area is 164 Å². The zero-order valence-electron chi connectivity index (χ0n) is 17.0. The number of carbonyl (C=O) groups is 1. The van der Waals surface area contributed by atoms with E-state index in [9.17, 15) is 4.79 Å². The number of hydrogen-bond donors (Lipinski definition) is 0. The van der Waals surface area contributed by atoms with Gasteiger partial charge in [-0.1, -0.05) is 18.2 Å². The summed E-state index contributed by atoms with van der Waals surface area (Å²) in [5, 5.41) is 5.21. The number of para-hydroxylation sites is 1. The molecule has 3 aromatic rings. The SMILES string of the molecule is Cc1cc(C)c2c(OCC(=O)N(C)CCOc3ccccc3C)nn(C)c2n1. The van der Waals surface area contributed by atoms with Crippen LogP contribution in [0.15, 0.2) is 30.3 Å². The first-order chi connectivity index (χ1) is 13.4. The van der Waals surface area contributed by atoms with Crippen molar-refractivity contribution in [3.63, 3.8) is 0 Å². The van der Waals surface area contributed by atoms with Crippen LogP contribution in [0.2, 0.25) is 0 Å². The number of hydrogen-bond acceptors (Lipinski definition) is 5. The van der Waals surface area contributed by atoms with E-state index >= 15 is 0 Å². The standard InChI is InChI=1S/C21H26N4O3/c1-14-8-6-7-9-17(14)27-11-10-24(4)18(26)13-28-21-19-15(2)12-16(3)22-20(19)25(5)23-21/h6-9,12H,10-11,13H2,1-5H3. The molecular formula is C21H26N4O3. The molecule has 0 bridgehead atoms. The molecule has 1 aromatic carbocycles. The lowest BCUT2D eigenvalue weighted by Gasteiger charge is -2.18. The number of ether oxygens (including phenoxy) is 2. The maximum Gasteiger partial charge on any atom is 0.260 e. The number of pyridine rings is 1. The Bertz CT molecular complexity index is 997. The fraction of sp³-hybridized carbons (Fsp3) is 0.381. The lowest BCUT2D eigenvalue weighted by molar-refractivity contribution is -0.132. The molecule has 2 aromatic heterocycles. The predicted molar refractivity (Wildman–Crippen MR) is 108 cm³/mol. The number of nitrogens with zero attached hydrogens (tertiary/aromatic N) is 4. The van der Waals surface area contributed by atoms with Gasteiger partial charge in [0.1, 0.15) is 12.4 Å². The average Bonchev–Trinajstić information content (AvgIpc) is 2.97. The molecule has 1 amide bonds. The molecule has 2 heterocycles. The Morgan fingerprint density at radius 3 is 2.64 bits per heavy atom. The Kier molecular flexibility index (Phi) is 5.82. The Hall–Kier alpha value is -3.09. The van der Waals surface area contributed by atoms with E-state index in [4.69, 9.17) is 9.47 Å². The average molecular weight is 382 g/mol. The van der Waals surface area contributed by atoms with Gasteiger partial charge in [0.05, 0.1) is 11.9 Å². The van der Waals surface area contributed by atoms with Crippen LogP contribution in [0.25, 0.3) is 11.0 Å². The summed E-state index contributed by atoms with van der Waals surface area (Å²) in [5.74, 6) is 1.13. The number of carbonyl (C=O) groups excluding carboxylic acids is 1. The molecule has 7 nitrogen and oxygen atoms in total. The molecule has 0 radical (unpaired) electrons. The Morgan fingerprint density at radius 2 is 1.89 bits per heavy atom. The Morgan fingerprint density at radius 1 is 1.14 bits per heavy atom. The minimum absolute atomic E-state index is 0.0830. The monoisotopic (exact) mass is 382 g/mol. The summed E-state index contributed by atoms with van der Waals surface area (Å²) >= 11 is 0. The fourth-order valence-electron chi connectivity index (χ4n) is 3.03. The van der Waals surface area contributed by atoms with E-state index in [2.05, 4.69) is 10.1 Å². The quantitative estimate of drug-likeness (QED) is 0.628. The van der Waals surface area contributed by atoms with Gasteiger partial charge in [-0.2, -0.15) is 0 Å². The predicted octanol–water partition coefficient (Wildman–Crippen LogP) is 2.81. The second-order valence-corrected chi connectivity index (χ2v) is 6.93. The molecule has 0 aliphatic carbocycles. The van der Waals surface area contributed by atoms with Crippen LogP contribution >= 0.6 is 0 Å². The van der Waals surface area contributed by atoms with E-state index in [1.165, 1.54) is 0 Å². The van der Waals surface area contributed by atoms with Crippen LogP contribution in [0.1, 0.15) is 16.8 Å². The normalized spacial score (nSPS) is 10.9. The van der Waals surface area contributed by atoms with Crippen molar-refractivity contribution in [3.05, 3.63) is 47.2 Å². The summed E-state index contributed by atoms with van der Waals surface area (Å²) in [7, 11) is 3.55. The fourth-order valence-corrected chi connectivity index (χ4v) is 3.03. The van der Waals surface area contributed by atoms with Gasteiger partial charge in [0.2, 0.25) is 5.88 Å². The number of benzene rings is 1. The van der Waals surface area contributed by atoms with Crippen molar-refractivity contribution in [2.45, 2.75) is 20.8 Å². The highest BCUT2D eigenvalue weighted by atomic mass is 16.5. The number of fused-ring (bicyclic) bond motifs is 1. The van der Waals surface area contributed by atoms with E-state index in [0.717, 1.165) is 33.6 Å². The van der Waals surface area contributed by atoms with Crippen LogP contribution < -0.4 is 9.47 Å². The minimum atomic E-state index is -0.134.